The highest BCUT2D eigenvalue weighted by Crippen LogP contribution is 2.40. The van der Waals surface area contributed by atoms with E-state index >= 15 is 0 Å². The van der Waals surface area contributed by atoms with Crippen molar-refractivity contribution in [1.82, 2.24) is 14.7 Å². The lowest BCUT2D eigenvalue weighted by atomic mass is 10.0. The van der Waals surface area contributed by atoms with Crippen LogP contribution < -0.4 is 4.74 Å². The maximum atomic E-state index is 13.3. The zero-order valence-electron chi connectivity index (χ0n) is 17.2. The van der Waals surface area contributed by atoms with Crippen molar-refractivity contribution in [2.24, 2.45) is 0 Å². The molecule has 2 aromatic carbocycles. The summed E-state index contributed by atoms with van der Waals surface area (Å²) in [4.78, 5) is 15.9. The molecule has 3 aromatic rings. The summed E-state index contributed by atoms with van der Waals surface area (Å²) >= 11 is -1.22. The van der Waals surface area contributed by atoms with Crippen LogP contribution in [0.25, 0.3) is 11.3 Å². The lowest BCUT2D eigenvalue weighted by molar-refractivity contribution is 0.0298. The van der Waals surface area contributed by atoms with Gasteiger partial charge in [-0.15, -0.1) is 0 Å². The number of hydrogen-bond donors (Lipinski definition) is 0. The predicted octanol–water partition coefficient (Wildman–Crippen LogP) is 2.70. The van der Waals surface area contributed by atoms with E-state index in [0.717, 1.165) is 33.0 Å². The van der Waals surface area contributed by atoms with Crippen molar-refractivity contribution in [1.29, 1.82) is 0 Å². The Morgan fingerprint density at radius 2 is 2.00 bits per heavy atom. The molecule has 1 unspecified atom stereocenters. The predicted molar refractivity (Wildman–Crippen MR) is 117 cm³/mol. The highest BCUT2D eigenvalue weighted by Gasteiger charge is 2.36. The maximum absolute atomic E-state index is 13.3. The maximum Gasteiger partial charge on any atom is 0.275 e. The van der Waals surface area contributed by atoms with Gasteiger partial charge in [0.1, 0.15) is 11.5 Å². The molecule has 8 heteroatoms. The van der Waals surface area contributed by atoms with Crippen LogP contribution in [0.4, 0.5) is 0 Å². The standard InChI is InChI=1S/C23H23N3O4S/c1-29-17-6-4-5-16(13-17)14-26-22-18-7-2-3-8-20(18)31(28)15-19(22)21(24-26)23(27)25-9-11-30-12-10-25/h2-8,13H,9-12,14-15H2,1H3. The van der Waals surface area contributed by atoms with E-state index in [1.807, 2.05) is 53.2 Å². The van der Waals surface area contributed by atoms with Gasteiger partial charge in [0, 0.05) is 13.1 Å². The smallest absolute Gasteiger partial charge is 0.275 e. The number of hydrogen-bond acceptors (Lipinski definition) is 5. The number of amides is 1. The van der Waals surface area contributed by atoms with E-state index in [1.165, 1.54) is 0 Å². The Bertz CT molecular complexity index is 1120. The molecule has 0 N–H and O–H groups in total. The van der Waals surface area contributed by atoms with Crippen LogP contribution in [0.3, 0.4) is 0 Å². The Morgan fingerprint density at radius 3 is 2.81 bits per heavy atom. The van der Waals surface area contributed by atoms with Gasteiger partial charge in [0.25, 0.3) is 5.91 Å². The molecular formula is C23H23N3O4S. The zero-order chi connectivity index (χ0) is 21.4. The Balaban J connectivity index is 1.62. The third-order valence-corrected chi connectivity index (χ3v) is 7.08. The van der Waals surface area contributed by atoms with Crippen LogP contribution >= 0.6 is 0 Å². The van der Waals surface area contributed by atoms with Crippen LogP contribution in [0.1, 0.15) is 21.6 Å². The van der Waals surface area contributed by atoms with E-state index in [2.05, 4.69) is 0 Å². The normalized spacial score (nSPS) is 17.7. The molecule has 0 radical (unpaired) electrons. The molecule has 5 rings (SSSR count). The average molecular weight is 438 g/mol. The number of fused-ring (bicyclic) bond motifs is 3. The monoisotopic (exact) mass is 437 g/mol. The van der Waals surface area contributed by atoms with E-state index in [-0.39, 0.29) is 11.7 Å². The quantitative estimate of drug-likeness (QED) is 0.587. The van der Waals surface area contributed by atoms with Gasteiger partial charge in [-0.2, -0.15) is 5.10 Å². The van der Waals surface area contributed by atoms with Crippen molar-refractivity contribution < 1.29 is 18.8 Å². The van der Waals surface area contributed by atoms with Crippen molar-refractivity contribution in [2.45, 2.75) is 17.2 Å². The van der Waals surface area contributed by atoms with E-state index in [1.54, 1.807) is 12.0 Å². The molecule has 1 atom stereocenters. The second-order valence-corrected chi connectivity index (χ2v) is 9.00. The molecule has 0 aliphatic carbocycles. The van der Waals surface area contributed by atoms with E-state index in [4.69, 9.17) is 14.6 Å². The number of nitrogens with zero attached hydrogens (tertiary/aromatic N) is 3. The van der Waals surface area contributed by atoms with Gasteiger partial charge in [0.2, 0.25) is 0 Å². The van der Waals surface area contributed by atoms with Gasteiger partial charge in [0.05, 0.1) is 43.7 Å². The fourth-order valence-corrected chi connectivity index (χ4v) is 5.48. The number of morpholine rings is 1. The van der Waals surface area contributed by atoms with Gasteiger partial charge in [-0.3, -0.25) is 9.48 Å². The SMILES string of the molecule is COc1cccc(Cn2nc(C(=O)N3CCOCC3)c3c2-c2ccccc2[S+]([O-])C3)c1. The van der Waals surface area contributed by atoms with Gasteiger partial charge in [-0.05, 0) is 41.0 Å². The number of benzene rings is 2. The number of rotatable bonds is 4. The lowest BCUT2D eigenvalue weighted by Crippen LogP contribution is -2.41. The number of aromatic nitrogens is 2. The van der Waals surface area contributed by atoms with E-state index < -0.39 is 11.2 Å². The minimum Gasteiger partial charge on any atom is -0.611 e. The van der Waals surface area contributed by atoms with Gasteiger partial charge >= 0.3 is 0 Å². The highest BCUT2D eigenvalue weighted by atomic mass is 32.2. The number of ether oxygens (including phenoxy) is 2. The van der Waals surface area contributed by atoms with Crippen molar-refractivity contribution in [3.8, 4) is 17.0 Å². The highest BCUT2D eigenvalue weighted by molar-refractivity contribution is 7.90. The minimum absolute atomic E-state index is 0.125. The van der Waals surface area contributed by atoms with Crippen molar-refractivity contribution in [3.63, 3.8) is 0 Å². The molecule has 0 spiro atoms. The first-order chi connectivity index (χ1) is 15.2. The zero-order valence-corrected chi connectivity index (χ0v) is 18.1. The molecule has 2 aliphatic rings. The average Bonchev–Trinajstić information content (AvgIpc) is 3.17. The number of carbonyl (C=O) groups excluding carboxylic acids is 1. The van der Waals surface area contributed by atoms with Crippen LogP contribution in [0.2, 0.25) is 0 Å². The summed E-state index contributed by atoms with van der Waals surface area (Å²) in [6.07, 6.45) is 0. The van der Waals surface area contributed by atoms with Crippen molar-refractivity contribution >= 4 is 17.1 Å². The second kappa shape index (κ2) is 8.37. The Labute approximate surface area is 183 Å². The number of carbonyl (C=O) groups is 1. The molecule has 31 heavy (non-hydrogen) atoms. The Kier molecular flexibility index (Phi) is 5.43. The summed E-state index contributed by atoms with van der Waals surface area (Å²) in [6.45, 7) is 2.60. The van der Waals surface area contributed by atoms with Crippen molar-refractivity contribution in [2.75, 3.05) is 33.4 Å². The summed E-state index contributed by atoms with van der Waals surface area (Å²) in [6, 6.07) is 15.5. The van der Waals surface area contributed by atoms with Gasteiger partial charge < -0.3 is 18.9 Å². The third kappa shape index (κ3) is 3.71. The van der Waals surface area contributed by atoms with E-state index in [0.29, 0.717) is 38.5 Å². The molecule has 1 aromatic heterocycles. The van der Waals surface area contributed by atoms with Crippen LogP contribution in [-0.4, -0.2) is 58.6 Å². The Hall–Kier alpha value is -2.81. The van der Waals surface area contributed by atoms with Crippen LogP contribution in [0, 0.1) is 0 Å². The molecule has 3 heterocycles. The summed E-state index contributed by atoms with van der Waals surface area (Å²) in [5.74, 6) is 0.931. The van der Waals surface area contributed by atoms with Crippen molar-refractivity contribution in [3.05, 3.63) is 65.4 Å². The summed E-state index contributed by atoms with van der Waals surface area (Å²) in [7, 11) is 1.64. The summed E-state index contributed by atoms with van der Waals surface area (Å²) in [5, 5.41) is 4.76. The first-order valence-electron chi connectivity index (χ1n) is 10.2. The summed E-state index contributed by atoms with van der Waals surface area (Å²) < 4.78 is 25.6. The molecule has 0 bridgehead atoms. The van der Waals surface area contributed by atoms with Crippen LogP contribution in [0.15, 0.2) is 53.4 Å². The third-order valence-electron chi connectivity index (χ3n) is 5.68. The first kappa shape index (κ1) is 20.1. The molecule has 1 saturated heterocycles. The molecule has 160 valence electrons. The van der Waals surface area contributed by atoms with Crippen LogP contribution in [-0.2, 0) is 28.2 Å². The minimum atomic E-state index is -1.22. The van der Waals surface area contributed by atoms with Crippen LogP contribution in [0.5, 0.6) is 5.75 Å². The molecule has 1 amide bonds. The molecule has 7 nitrogen and oxygen atoms in total. The molecule has 2 aliphatic heterocycles. The Morgan fingerprint density at radius 1 is 1.19 bits per heavy atom. The fourth-order valence-electron chi connectivity index (χ4n) is 4.15. The second-order valence-electron chi connectivity index (χ2n) is 7.58. The summed E-state index contributed by atoms with van der Waals surface area (Å²) in [5.41, 5.74) is 3.91. The fraction of sp³-hybridized carbons (Fsp3) is 0.304. The molecule has 0 saturated carbocycles. The molecule has 1 fully saturated rings. The van der Waals surface area contributed by atoms with Gasteiger partial charge in [0.15, 0.2) is 10.6 Å². The van der Waals surface area contributed by atoms with Gasteiger partial charge in [-0.25, -0.2) is 0 Å². The largest absolute Gasteiger partial charge is 0.611 e. The van der Waals surface area contributed by atoms with E-state index in [9.17, 15) is 9.35 Å². The number of methoxy groups -OCH3 is 1. The lowest BCUT2D eigenvalue weighted by Gasteiger charge is -2.26. The first-order valence-corrected chi connectivity index (χ1v) is 11.5. The topological polar surface area (TPSA) is 79.7 Å². The molecular weight excluding hydrogens is 414 g/mol. The van der Waals surface area contributed by atoms with Gasteiger partial charge in [-0.1, -0.05) is 24.3 Å².